The van der Waals surface area contributed by atoms with Crippen molar-refractivity contribution in [3.63, 3.8) is 0 Å². The van der Waals surface area contributed by atoms with Gasteiger partial charge in [0.05, 0.1) is 12.2 Å². The summed E-state index contributed by atoms with van der Waals surface area (Å²) in [6.45, 7) is 14.9. The van der Waals surface area contributed by atoms with Gasteiger partial charge in [-0.3, -0.25) is 9.88 Å². The highest BCUT2D eigenvalue weighted by atomic mass is 31.2. The summed E-state index contributed by atoms with van der Waals surface area (Å²) in [4.78, 5) is 0. The summed E-state index contributed by atoms with van der Waals surface area (Å²) in [5.74, 6) is 0.676. The topological polar surface area (TPSA) is 47.6 Å². The van der Waals surface area contributed by atoms with E-state index >= 15 is 4.57 Å². The first kappa shape index (κ1) is 27.7. The molecule has 0 aromatic heterocycles. The number of fused-ring (bicyclic) bond motifs is 4. The van der Waals surface area contributed by atoms with Crippen molar-refractivity contribution in [1.82, 2.24) is 5.32 Å². The van der Waals surface area contributed by atoms with Crippen molar-refractivity contribution < 1.29 is 13.6 Å². The minimum absolute atomic E-state index is 0.00475. The average Bonchev–Trinajstić information content (AvgIpc) is 3.42. The van der Waals surface area contributed by atoms with Gasteiger partial charge in [-0.25, -0.2) is 0 Å². The third kappa shape index (κ3) is 4.23. The Labute approximate surface area is 236 Å². The molecule has 4 nitrogen and oxygen atoms in total. The van der Waals surface area contributed by atoms with Crippen LogP contribution in [-0.4, -0.2) is 12.2 Å². The van der Waals surface area contributed by atoms with E-state index in [-0.39, 0.29) is 33.9 Å². The first-order valence-corrected chi connectivity index (χ1v) is 16.8. The van der Waals surface area contributed by atoms with E-state index < -0.39 is 13.4 Å². The van der Waals surface area contributed by atoms with Crippen LogP contribution in [0.4, 0.5) is 0 Å². The second-order valence-electron chi connectivity index (χ2n) is 14.6. The van der Waals surface area contributed by atoms with E-state index in [4.69, 9.17) is 9.05 Å². The summed E-state index contributed by atoms with van der Waals surface area (Å²) < 4.78 is 29.7. The van der Waals surface area contributed by atoms with Gasteiger partial charge in [0.15, 0.2) is 0 Å². The smallest absolute Gasteiger partial charge is 0.303 e. The number of benzene rings is 2. The van der Waals surface area contributed by atoms with E-state index in [9.17, 15) is 0 Å². The van der Waals surface area contributed by atoms with Crippen LogP contribution in [0.5, 0.6) is 0 Å². The van der Waals surface area contributed by atoms with Crippen molar-refractivity contribution in [2.24, 2.45) is 33.5 Å². The number of rotatable bonds is 9. The molecule has 4 bridgehead atoms. The van der Waals surface area contributed by atoms with E-state index in [1.807, 2.05) is 24.3 Å². The fourth-order valence-electron chi connectivity index (χ4n) is 8.94. The highest BCUT2D eigenvalue weighted by Gasteiger charge is 2.66. The molecule has 5 heteroatoms. The third-order valence-corrected chi connectivity index (χ3v) is 15.0. The molecule has 0 amide bonds. The molecule has 4 aliphatic rings. The van der Waals surface area contributed by atoms with Gasteiger partial charge in [0.25, 0.3) is 0 Å². The number of hydrogen-bond donors (Lipinski definition) is 1. The standard InChI is InChI=1S/C34H48NO3P/c1-31(2)26-17-19-33(31,5)28(21-26)37-39(36,38-29-22-27-18-20-34(29,6)32(27,3)4)30(25-15-11-8-12-16-25)35-23-24-13-9-7-10-14-24/h7-16,26-30,35H,17-23H2,1-6H3/t26-,27-,28+,29+,30-,33-,34+,39?/m0/s1. The molecule has 39 heavy (non-hydrogen) atoms. The van der Waals surface area contributed by atoms with Gasteiger partial charge in [0.2, 0.25) is 0 Å². The highest BCUT2D eigenvalue weighted by molar-refractivity contribution is 7.54. The molecular formula is C34H48NO3P. The second-order valence-corrected chi connectivity index (χ2v) is 16.6. The molecule has 4 aliphatic carbocycles. The van der Waals surface area contributed by atoms with Gasteiger partial charge < -0.3 is 9.05 Å². The fourth-order valence-corrected chi connectivity index (χ4v) is 11.4. The Morgan fingerprint density at radius 3 is 1.64 bits per heavy atom. The molecule has 0 radical (unpaired) electrons. The molecule has 0 spiro atoms. The zero-order valence-electron chi connectivity index (χ0n) is 24.8. The molecule has 2 aromatic carbocycles. The highest BCUT2D eigenvalue weighted by Crippen LogP contribution is 2.74. The van der Waals surface area contributed by atoms with Crippen molar-refractivity contribution in [3.05, 3.63) is 71.8 Å². The van der Waals surface area contributed by atoms with Gasteiger partial charge >= 0.3 is 7.60 Å². The Morgan fingerprint density at radius 1 is 0.769 bits per heavy atom. The van der Waals surface area contributed by atoms with Gasteiger partial charge in [0, 0.05) is 6.54 Å². The van der Waals surface area contributed by atoms with Crippen molar-refractivity contribution in [3.8, 4) is 0 Å². The van der Waals surface area contributed by atoms with Crippen molar-refractivity contribution >= 4 is 7.60 Å². The van der Waals surface area contributed by atoms with E-state index in [1.54, 1.807) is 0 Å². The molecule has 4 saturated carbocycles. The summed E-state index contributed by atoms with van der Waals surface area (Å²) in [6, 6.07) is 20.6. The summed E-state index contributed by atoms with van der Waals surface area (Å²) in [7, 11) is -3.66. The average molecular weight is 550 g/mol. The third-order valence-electron chi connectivity index (χ3n) is 12.8. The lowest BCUT2D eigenvalue weighted by Crippen LogP contribution is -2.40. The molecule has 8 atom stereocenters. The SMILES string of the molecule is CC1(C)[C@H]2CC[C@@]1(C)[C@H](OP(=O)(O[C@@H]1C[C@@H]3CC[C@@]1(C)C3(C)C)[C@H](NCc1ccccc1)c1ccccc1)C2. The fraction of sp³-hybridized carbons (Fsp3) is 0.647. The maximum absolute atomic E-state index is 15.6. The van der Waals surface area contributed by atoms with Gasteiger partial charge in [-0.1, -0.05) is 102 Å². The van der Waals surface area contributed by atoms with Crippen LogP contribution in [0.15, 0.2) is 60.7 Å². The Balaban J connectivity index is 1.38. The molecule has 0 aliphatic heterocycles. The van der Waals surface area contributed by atoms with Crippen LogP contribution in [0.25, 0.3) is 0 Å². The van der Waals surface area contributed by atoms with E-state index in [0.717, 1.165) is 36.8 Å². The van der Waals surface area contributed by atoms with Crippen molar-refractivity contribution in [1.29, 1.82) is 0 Å². The van der Waals surface area contributed by atoms with Crippen LogP contribution >= 0.6 is 7.60 Å². The van der Waals surface area contributed by atoms with Gasteiger partial charge in [0.1, 0.15) is 5.78 Å². The molecule has 1 N–H and O–H groups in total. The Kier molecular flexibility index (Phi) is 6.78. The van der Waals surface area contributed by atoms with Crippen LogP contribution in [0.2, 0.25) is 0 Å². The first-order valence-electron chi connectivity index (χ1n) is 15.2. The predicted molar refractivity (Wildman–Crippen MR) is 158 cm³/mol. The number of hydrogen-bond acceptors (Lipinski definition) is 4. The molecular weight excluding hydrogens is 501 g/mol. The molecule has 212 valence electrons. The quantitative estimate of drug-likeness (QED) is 0.317. The minimum atomic E-state index is -3.66. The molecule has 4 fully saturated rings. The monoisotopic (exact) mass is 549 g/mol. The Hall–Kier alpha value is -1.45. The first-order chi connectivity index (χ1) is 18.4. The van der Waals surface area contributed by atoms with E-state index in [0.29, 0.717) is 18.4 Å². The summed E-state index contributed by atoms with van der Waals surface area (Å²) in [6.07, 6.45) is 6.51. The van der Waals surface area contributed by atoms with Crippen LogP contribution in [0.3, 0.4) is 0 Å². The summed E-state index contributed by atoms with van der Waals surface area (Å²) in [5, 5.41) is 3.68. The zero-order valence-corrected chi connectivity index (χ0v) is 25.7. The lowest BCUT2D eigenvalue weighted by molar-refractivity contribution is -0.0174. The molecule has 0 heterocycles. The maximum Gasteiger partial charge on any atom is 0.352 e. The lowest BCUT2D eigenvalue weighted by atomic mass is 9.70. The lowest BCUT2D eigenvalue weighted by Gasteiger charge is -2.44. The van der Waals surface area contributed by atoms with Crippen LogP contribution in [0.1, 0.15) is 97.0 Å². The molecule has 6 rings (SSSR count). The molecule has 2 aromatic rings. The van der Waals surface area contributed by atoms with Crippen LogP contribution < -0.4 is 5.32 Å². The maximum atomic E-state index is 15.6. The summed E-state index contributed by atoms with van der Waals surface area (Å²) in [5.41, 5.74) is 2.46. The van der Waals surface area contributed by atoms with Crippen LogP contribution in [-0.2, 0) is 20.2 Å². The Bertz CT molecular complexity index is 1180. The number of nitrogens with one attached hydrogen (secondary N) is 1. The van der Waals surface area contributed by atoms with Gasteiger partial charge in [-0.2, -0.15) is 0 Å². The molecule has 1 unspecified atom stereocenters. The van der Waals surface area contributed by atoms with Gasteiger partial charge in [-0.05, 0) is 83.1 Å². The Morgan fingerprint density at radius 2 is 1.23 bits per heavy atom. The van der Waals surface area contributed by atoms with Crippen molar-refractivity contribution in [2.75, 3.05) is 0 Å². The minimum Gasteiger partial charge on any atom is -0.303 e. The van der Waals surface area contributed by atoms with E-state index in [2.05, 4.69) is 83.3 Å². The largest absolute Gasteiger partial charge is 0.352 e. The normalized spacial score (nSPS) is 38.1. The van der Waals surface area contributed by atoms with Crippen LogP contribution in [0, 0.1) is 33.5 Å². The van der Waals surface area contributed by atoms with E-state index in [1.165, 1.54) is 12.8 Å². The predicted octanol–water partition coefficient (Wildman–Crippen LogP) is 9.13. The second kappa shape index (κ2) is 9.55. The molecule has 0 saturated heterocycles. The van der Waals surface area contributed by atoms with Crippen molar-refractivity contribution in [2.45, 2.75) is 105 Å². The zero-order chi connectivity index (χ0) is 27.7. The van der Waals surface area contributed by atoms with Gasteiger partial charge in [-0.15, -0.1) is 0 Å². The summed E-state index contributed by atoms with van der Waals surface area (Å²) >= 11 is 0.